The first-order valence-corrected chi connectivity index (χ1v) is 6.81. The molecule has 2 unspecified atom stereocenters. The monoisotopic (exact) mass is 210 g/mol. The largest absolute Gasteiger partial charge is 0.327 e. The minimum Gasteiger partial charge on any atom is -0.327 e. The zero-order valence-electron chi connectivity index (χ0n) is 10.1. The van der Waals surface area contributed by atoms with E-state index in [2.05, 4.69) is 11.8 Å². The molecule has 0 saturated heterocycles. The van der Waals surface area contributed by atoms with E-state index in [9.17, 15) is 0 Å². The van der Waals surface area contributed by atoms with Gasteiger partial charge < -0.3 is 10.6 Å². The van der Waals surface area contributed by atoms with Gasteiger partial charge >= 0.3 is 0 Å². The van der Waals surface area contributed by atoms with Crippen molar-refractivity contribution in [3.63, 3.8) is 0 Å². The van der Waals surface area contributed by atoms with Crippen LogP contribution in [0.5, 0.6) is 0 Å². The summed E-state index contributed by atoms with van der Waals surface area (Å²) < 4.78 is 0. The molecule has 2 heteroatoms. The van der Waals surface area contributed by atoms with Crippen molar-refractivity contribution >= 4 is 0 Å². The van der Waals surface area contributed by atoms with Gasteiger partial charge in [-0.15, -0.1) is 0 Å². The normalized spacial score (nSPS) is 31.4. The average Bonchev–Trinajstić information content (AvgIpc) is 2.98. The Morgan fingerprint density at radius 1 is 1.13 bits per heavy atom. The summed E-state index contributed by atoms with van der Waals surface area (Å²) >= 11 is 0. The third-order valence-electron chi connectivity index (χ3n) is 4.08. The molecule has 0 aromatic heterocycles. The molecule has 2 fully saturated rings. The van der Waals surface area contributed by atoms with Gasteiger partial charge in [0.1, 0.15) is 0 Å². The van der Waals surface area contributed by atoms with Crippen LogP contribution >= 0.6 is 0 Å². The summed E-state index contributed by atoms with van der Waals surface area (Å²) in [6.07, 6.45) is 9.54. The second-order valence-electron chi connectivity index (χ2n) is 5.41. The fourth-order valence-corrected chi connectivity index (χ4v) is 2.96. The Morgan fingerprint density at radius 2 is 1.93 bits per heavy atom. The van der Waals surface area contributed by atoms with Crippen LogP contribution in [0.2, 0.25) is 0 Å². The molecule has 2 rings (SSSR count). The van der Waals surface area contributed by atoms with Crippen LogP contribution in [0, 0.1) is 5.92 Å². The molecule has 2 saturated carbocycles. The Balaban J connectivity index is 1.70. The van der Waals surface area contributed by atoms with Gasteiger partial charge in [-0.25, -0.2) is 0 Å². The molecule has 0 aromatic rings. The topological polar surface area (TPSA) is 29.3 Å². The fraction of sp³-hybridized carbons (Fsp3) is 1.00. The summed E-state index contributed by atoms with van der Waals surface area (Å²) in [6.45, 7) is 4.89. The van der Waals surface area contributed by atoms with Crippen molar-refractivity contribution < 1.29 is 0 Å². The van der Waals surface area contributed by atoms with Crippen molar-refractivity contribution in [1.82, 2.24) is 4.90 Å². The van der Waals surface area contributed by atoms with Gasteiger partial charge in [0.2, 0.25) is 0 Å². The molecule has 2 atom stereocenters. The van der Waals surface area contributed by atoms with Crippen molar-refractivity contribution in [1.29, 1.82) is 0 Å². The Labute approximate surface area is 94.2 Å². The van der Waals surface area contributed by atoms with Crippen molar-refractivity contribution in [3.8, 4) is 0 Å². The van der Waals surface area contributed by atoms with Gasteiger partial charge in [-0.2, -0.15) is 0 Å². The highest BCUT2D eigenvalue weighted by atomic mass is 15.2. The summed E-state index contributed by atoms with van der Waals surface area (Å²) in [5, 5.41) is 0. The van der Waals surface area contributed by atoms with Crippen LogP contribution in [0.15, 0.2) is 0 Å². The van der Waals surface area contributed by atoms with E-state index in [0.29, 0.717) is 6.04 Å². The third kappa shape index (κ3) is 3.18. The highest BCUT2D eigenvalue weighted by Gasteiger charge is 2.30. The van der Waals surface area contributed by atoms with Crippen LogP contribution in [0.3, 0.4) is 0 Å². The molecule has 2 nitrogen and oxygen atoms in total. The molecule has 0 aromatic carbocycles. The van der Waals surface area contributed by atoms with Crippen molar-refractivity contribution in [2.24, 2.45) is 11.7 Å². The lowest BCUT2D eigenvalue weighted by molar-refractivity contribution is 0.238. The molecule has 0 amide bonds. The van der Waals surface area contributed by atoms with E-state index in [1.807, 2.05) is 0 Å². The van der Waals surface area contributed by atoms with Crippen LogP contribution in [0.25, 0.3) is 0 Å². The molecule has 0 heterocycles. The van der Waals surface area contributed by atoms with Crippen LogP contribution in [-0.2, 0) is 0 Å². The maximum atomic E-state index is 6.11. The quantitative estimate of drug-likeness (QED) is 0.729. The minimum atomic E-state index is 0.507. The van der Waals surface area contributed by atoms with Crippen molar-refractivity contribution in [3.05, 3.63) is 0 Å². The summed E-state index contributed by atoms with van der Waals surface area (Å²) in [6, 6.07) is 1.44. The van der Waals surface area contributed by atoms with Crippen LogP contribution in [0.4, 0.5) is 0 Å². The van der Waals surface area contributed by atoms with E-state index in [4.69, 9.17) is 5.73 Å². The molecule has 0 aliphatic heterocycles. The van der Waals surface area contributed by atoms with Gasteiger partial charge in [0.25, 0.3) is 0 Å². The van der Waals surface area contributed by atoms with E-state index >= 15 is 0 Å². The second kappa shape index (κ2) is 5.31. The standard InChI is InChI=1S/C13H26N2/c1-2-9-15(12-6-7-12)10-8-11-4-3-5-13(11)14/h11-13H,2-10,14H2,1H3. The number of hydrogen-bond acceptors (Lipinski definition) is 2. The molecule has 2 aliphatic carbocycles. The number of rotatable bonds is 6. The SMILES string of the molecule is CCCN(CCC1CCCC1N)C1CC1. The molecular weight excluding hydrogens is 184 g/mol. The smallest absolute Gasteiger partial charge is 0.00964 e. The predicted octanol–water partition coefficient (Wildman–Crippen LogP) is 2.38. The van der Waals surface area contributed by atoms with Crippen LogP contribution in [-0.4, -0.2) is 30.1 Å². The lowest BCUT2D eigenvalue weighted by atomic mass is 10.00. The van der Waals surface area contributed by atoms with Gasteiger partial charge in [0.05, 0.1) is 0 Å². The molecule has 0 bridgehead atoms. The predicted molar refractivity (Wildman–Crippen MR) is 64.8 cm³/mol. The summed E-state index contributed by atoms with van der Waals surface area (Å²) in [5.41, 5.74) is 6.11. The molecule has 0 spiro atoms. The lowest BCUT2D eigenvalue weighted by Gasteiger charge is -2.24. The van der Waals surface area contributed by atoms with Gasteiger partial charge in [-0.1, -0.05) is 13.3 Å². The van der Waals surface area contributed by atoms with Gasteiger partial charge in [0, 0.05) is 12.1 Å². The zero-order chi connectivity index (χ0) is 10.7. The van der Waals surface area contributed by atoms with Crippen LogP contribution < -0.4 is 5.73 Å². The van der Waals surface area contributed by atoms with Crippen molar-refractivity contribution in [2.75, 3.05) is 13.1 Å². The van der Waals surface area contributed by atoms with Gasteiger partial charge in [-0.05, 0) is 57.5 Å². The number of hydrogen-bond donors (Lipinski definition) is 1. The van der Waals surface area contributed by atoms with E-state index in [1.54, 1.807) is 0 Å². The maximum absolute atomic E-state index is 6.11. The molecule has 2 N–H and O–H groups in total. The Kier molecular flexibility index (Phi) is 4.04. The first-order valence-electron chi connectivity index (χ1n) is 6.81. The van der Waals surface area contributed by atoms with E-state index in [-0.39, 0.29) is 0 Å². The van der Waals surface area contributed by atoms with E-state index in [1.165, 1.54) is 58.0 Å². The fourth-order valence-electron chi connectivity index (χ4n) is 2.96. The Hall–Kier alpha value is -0.0800. The molecule has 2 aliphatic rings. The lowest BCUT2D eigenvalue weighted by Crippen LogP contribution is -2.32. The average molecular weight is 210 g/mol. The Morgan fingerprint density at radius 3 is 2.47 bits per heavy atom. The number of nitrogens with two attached hydrogens (primary N) is 1. The third-order valence-corrected chi connectivity index (χ3v) is 4.08. The first-order chi connectivity index (χ1) is 7.31. The van der Waals surface area contributed by atoms with E-state index in [0.717, 1.165) is 12.0 Å². The second-order valence-corrected chi connectivity index (χ2v) is 5.41. The molecule has 15 heavy (non-hydrogen) atoms. The Bertz CT molecular complexity index is 189. The van der Waals surface area contributed by atoms with Gasteiger partial charge in [0.15, 0.2) is 0 Å². The number of nitrogens with zero attached hydrogens (tertiary/aromatic N) is 1. The maximum Gasteiger partial charge on any atom is 0.00964 e. The molecular formula is C13H26N2. The van der Waals surface area contributed by atoms with E-state index < -0.39 is 0 Å². The van der Waals surface area contributed by atoms with Crippen molar-refractivity contribution in [2.45, 2.75) is 64.0 Å². The summed E-state index contributed by atoms with van der Waals surface area (Å²) in [4.78, 5) is 2.70. The summed E-state index contributed by atoms with van der Waals surface area (Å²) in [5.74, 6) is 0.822. The highest BCUT2D eigenvalue weighted by molar-refractivity contribution is 4.86. The van der Waals surface area contributed by atoms with Crippen LogP contribution in [0.1, 0.15) is 51.9 Å². The molecule has 88 valence electrons. The first kappa shape index (κ1) is 11.4. The highest BCUT2D eigenvalue weighted by Crippen LogP contribution is 2.30. The zero-order valence-corrected chi connectivity index (χ0v) is 10.1. The minimum absolute atomic E-state index is 0.507. The molecule has 0 radical (unpaired) electrons. The summed E-state index contributed by atoms with van der Waals surface area (Å²) in [7, 11) is 0. The van der Waals surface area contributed by atoms with Gasteiger partial charge in [-0.3, -0.25) is 0 Å².